The highest BCUT2D eigenvalue weighted by atomic mass is 79.9. The lowest BCUT2D eigenvalue weighted by Crippen LogP contribution is -2.32. The lowest BCUT2D eigenvalue weighted by atomic mass is 10.1. The first-order valence-corrected chi connectivity index (χ1v) is 7.42. The van der Waals surface area contributed by atoms with Crippen molar-refractivity contribution in [2.45, 2.75) is 32.4 Å². The van der Waals surface area contributed by atoms with Gasteiger partial charge < -0.3 is 10.1 Å². The van der Waals surface area contributed by atoms with Gasteiger partial charge in [-0.2, -0.15) is 0 Å². The first-order chi connectivity index (χ1) is 8.17. The van der Waals surface area contributed by atoms with E-state index in [0.717, 1.165) is 28.5 Å². The molecule has 0 radical (unpaired) electrons. The quantitative estimate of drug-likeness (QED) is 0.785. The van der Waals surface area contributed by atoms with Crippen molar-refractivity contribution in [2.24, 2.45) is 0 Å². The number of hydrogen-bond donors (Lipinski definition) is 1. The van der Waals surface area contributed by atoms with E-state index in [9.17, 15) is 0 Å². The van der Waals surface area contributed by atoms with Gasteiger partial charge in [-0.1, -0.05) is 19.4 Å². The summed E-state index contributed by atoms with van der Waals surface area (Å²) in [5.74, 6) is 0. The summed E-state index contributed by atoms with van der Waals surface area (Å²) < 4.78 is 7.39. The van der Waals surface area contributed by atoms with Gasteiger partial charge >= 0.3 is 0 Å². The summed E-state index contributed by atoms with van der Waals surface area (Å²) in [7, 11) is 1.75. The third-order valence-electron chi connectivity index (χ3n) is 2.58. The first-order valence-electron chi connectivity index (χ1n) is 5.83. The zero-order chi connectivity index (χ0) is 12.7. The minimum atomic E-state index is 0.437. The summed E-state index contributed by atoms with van der Waals surface area (Å²) in [5, 5.41) is 3.52. The molecule has 0 saturated carbocycles. The summed E-state index contributed by atoms with van der Waals surface area (Å²) in [6.45, 7) is 3.84. The van der Waals surface area contributed by atoms with Gasteiger partial charge in [0.2, 0.25) is 0 Å². The van der Waals surface area contributed by atoms with Crippen molar-refractivity contribution >= 4 is 31.9 Å². The Hall–Kier alpha value is 0.1000. The van der Waals surface area contributed by atoms with Gasteiger partial charge in [-0.05, 0) is 56.0 Å². The smallest absolute Gasteiger partial charge is 0.0615 e. The van der Waals surface area contributed by atoms with Crippen molar-refractivity contribution in [1.82, 2.24) is 5.32 Å². The van der Waals surface area contributed by atoms with Gasteiger partial charge in [0.15, 0.2) is 0 Å². The molecule has 0 aliphatic carbocycles. The maximum atomic E-state index is 5.21. The number of ether oxygens (including phenoxy) is 1. The predicted molar refractivity (Wildman–Crippen MR) is 79.3 cm³/mol. The molecular weight excluding hydrogens is 346 g/mol. The van der Waals surface area contributed by atoms with Crippen LogP contribution < -0.4 is 5.32 Å². The van der Waals surface area contributed by atoms with Crippen molar-refractivity contribution < 1.29 is 4.74 Å². The molecule has 0 fully saturated rings. The molecule has 1 unspecified atom stereocenters. The topological polar surface area (TPSA) is 21.3 Å². The highest BCUT2D eigenvalue weighted by Crippen LogP contribution is 2.23. The predicted octanol–water partition coefficient (Wildman–Crippen LogP) is 4.12. The van der Waals surface area contributed by atoms with Crippen LogP contribution in [0.3, 0.4) is 0 Å². The van der Waals surface area contributed by atoms with Crippen LogP contribution in [-0.2, 0) is 11.3 Å². The zero-order valence-electron chi connectivity index (χ0n) is 10.3. The number of rotatable bonds is 7. The molecule has 1 aromatic carbocycles. The van der Waals surface area contributed by atoms with Crippen molar-refractivity contribution in [1.29, 1.82) is 0 Å². The molecule has 0 amide bonds. The zero-order valence-corrected chi connectivity index (χ0v) is 13.5. The Morgan fingerprint density at radius 3 is 2.65 bits per heavy atom. The maximum Gasteiger partial charge on any atom is 0.0615 e. The van der Waals surface area contributed by atoms with Crippen LogP contribution in [0, 0.1) is 0 Å². The first kappa shape index (κ1) is 15.2. The van der Waals surface area contributed by atoms with Gasteiger partial charge in [-0.25, -0.2) is 0 Å². The minimum absolute atomic E-state index is 0.437. The molecule has 96 valence electrons. The van der Waals surface area contributed by atoms with Crippen LogP contribution in [0.1, 0.15) is 25.3 Å². The molecule has 0 spiro atoms. The van der Waals surface area contributed by atoms with Gasteiger partial charge in [-0.15, -0.1) is 0 Å². The van der Waals surface area contributed by atoms with Crippen LogP contribution in [0.25, 0.3) is 0 Å². The number of halogens is 2. The van der Waals surface area contributed by atoms with Gasteiger partial charge in [0.1, 0.15) is 0 Å². The van der Waals surface area contributed by atoms with Gasteiger partial charge in [0.25, 0.3) is 0 Å². The van der Waals surface area contributed by atoms with E-state index in [-0.39, 0.29) is 0 Å². The molecule has 1 rings (SSSR count). The lowest BCUT2D eigenvalue weighted by molar-refractivity contribution is 0.161. The standard InChI is InChI=1S/C13H19Br2NO/c1-3-4-11(9-17-2)16-8-10-5-6-12(14)13(15)7-10/h5-7,11,16H,3-4,8-9H2,1-2H3. The Morgan fingerprint density at radius 1 is 1.29 bits per heavy atom. The molecule has 0 saturated heterocycles. The van der Waals surface area contributed by atoms with Crippen molar-refractivity contribution in [3.8, 4) is 0 Å². The molecule has 0 bridgehead atoms. The Labute approximate surface area is 120 Å². The molecule has 1 N–H and O–H groups in total. The Bertz CT molecular complexity index is 338. The fourth-order valence-electron chi connectivity index (χ4n) is 1.71. The fraction of sp³-hybridized carbons (Fsp3) is 0.538. The summed E-state index contributed by atoms with van der Waals surface area (Å²) in [6.07, 6.45) is 2.32. The van der Waals surface area contributed by atoms with Crippen molar-refractivity contribution in [3.05, 3.63) is 32.7 Å². The monoisotopic (exact) mass is 363 g/mol. The number of hydrogen-bond acceptors (Lipinski definition) is 2. The molecule has 2 nitrogen and oxygen atoms in total. The molecule has 0 aliphatic rings. The molecule has 17 heavy (non-hydrogen) atoms. The fourth-order valence-corrected chi connectivity index (χ4v) is 2.38. The maximum absolute atomic E-state index is 5.21. The van der Waals surface area contributed by atoms with E-state index in [1.807, 2.05) is 0 Å². The molecule has 0 aliphatic heterocycles. The van der Waals surface area contributed by atoms with Crippen LogP contribution in [0.4, 0.5) is 0 Å². The van der Waals surface area contributed by atoms with Crippen LogP contribution in [0.15, 0.2) is 27.1 Å². The van der Waals surface area contributed by atoms with E-state index in [1.165, 1.54) is 12.0 Å². The third kappa shape index (κ3) is 5.51. The highest BCUT2D eigenvalue weighted by Gasteiger charge is 2.07. The van der Waals surface area contributed by atoms with Crippen LogP contribution in [-0.4, -0.2) is 19.8 Å². The summed E-state index contributed by atoms with van der Waals surface area (Å²) >= 11 is 6.99. The van der Waals surface area contributed by atoms with E-state index < -0.39 is 0 Å². The number of benzene rings is 1. The third-order valence-corrected chi connectivity index (χ3v) is 4.46. The van der Waals surface area contributed by atoms with E-state index in [4.69, 9.17) is 4.74 Å². The van der Waals surface area contributed by atoms with E-state index >= 15 is 0 Å². The molecule has 0 heterocycles. The normalized spacial score (nSPS) is 12.7. The lowest BCUT2D eigenvalue weighted by Gasteiger charge is -2.17. The van der Waals surface area contributed by atoms with Crippen LogP contribution in [0.5, 0.6) is 0 Å². The SMILES string of the molecule is CCCC(COC)NCc1ccc(Br)c(Br)c1. The molecule has 4 heteroatoms. The molecule has 0 aromatic heterocycles. The van der Waals surface area contributed by atoms with Crippen LogP contribution >= 0.6 is 31.9 Å². The average Bonchev–Trinajstić information content (AvgIpc) is 2.31. The molecular formula is C13H19Br2NO. The largest absolute Gasteiger partial charge is 0.383 e. The summed E-state index contributed by atoms with van der Waals surface area (Å²) in [5.41, 5.74) is 1.28. The van der Waals surface area contributed by atoms with Crippen molar-refractivity contribution in [3.63, 3.8) is 0 Å². The van der Waals surface area contributed by atoms with Gasteiger partial charge in [-0.3, -0.25) is 0 Å². The average molecular weight is 365 g/mol. The minimum Gasteiger partial charge on any atom is -0.383 e. The van der Waals surface area contributed by atoms with E-state index in [0.29, 0.717) is 6.04 Å². The molecule has 1 atom stereocenters. The highest BCUT2D eigenvalue weighted by molar-refractivity contribution is 9.13. The Kier molecular flexibility index (Phi) is 7.35. The van der Waals surface area contributed by atoms with Gasteiger partial charge in [0, 0.05) is 28.6 Å². The second-order valence-electron chi connectivity index (χ2n) is 4.07. The number of nitrogens with one attached hydrogen (secondary N) is 1. The molecule has 1 aromatic rings. The summed E-state index contributed by atoms with van der Waals surface area (Å²) in [4.78, 5) is 0. The Balaban J connectivity index is 2.49. The van der Waals surface area contributed by atoms with E-state index in [2.05, 4.69) is 62.3 Å². The van der Waals surface area contributed by atoms with E-state index in [1.54, 1.807) is 7.11 Å². The number of methoxy groups -OCH3 is 1. The van der Waals surface area contributed by atoms with Gasteiger partial charge in [0.05, 0.1) is 6.61 Å². The second-order valence-corrected chi connectivity index (χ2v) is 5.78. The Morgan fingerprint density at radius 2 is 2.06 bits per heavy atom. The van der Waals surface area contributed by atoms with Crippen LogP contribution in [0.2, 0.25) is 0 Å². The summed E-state index contributed by atoms with van der Waals surface area (Å²) in [6, 6.07) is 6.75. The van der Waals surface area contributed by atoms with Crippen molar-refractivity contribution in [2.75, 3.05) is 13.7 Å². The second kappa shape index (κ2) is 8.25.